The van der Waals surface area contributed by atoms with Crippen molar-refractivity contribution in [2.45, 2.75) is 26.3 Å². The van der Waals surface area contributed by atoms with Crippen LogP contribution in [0, 0.1) is 0 Å². The second-order valence-corrected chi connectivity index (χ2v) is 4.30. The quantitative estimate of drug-likeness (QED) is 0.818. The predicted octanol–water partition coefficient (Wildman–Crippen LogP) is 2.19. The highest BCUT2D eigenvalue weighted by Crippen LogP contribution is 2.31. The monoisotopic (exact) mass is 305 g/mol. The number of hydrogen-bond acceptors (Lipinski definition) is 4. The molecular formula is C13H18F3N3O2. The highest BCUT2D eigenvalue weighted by Gasteiger charge is 2.35. The third-order valence-electron chi connectivity index (χ3n) is 3.08. The number of carbonyl (C=O) groups is 1. The van der Waals surface area contributed by atoms with Gasteiger partial charge >= 0.3 is 6.18 Å². The summed E-state index contributed by atoms with van der Waals surface area (Å²) in [4.78, 5) is 16.7. The molecule has 118 valence electrons. The van der Waals surface area contributed by atoms with Gasteiger partial charge in [-0.2, -0.15) is 13.2 Å². The Bertz CT molecular complexity index is 502. The topological polar surface area (TPSA) is 68.4 Å². The lowest BCUT2D eigenvalue weighted by Crippen LogP contribution is -2.33. The van der Waals surface area contributed by atoms with Crippen LogP contribution < -0.4 is 5.73 Å². The first-order valence-electron chi connectivity index (χ1n) is 6.41. The Morgan fingerprint density at radius 2 is 1.95 bits per heavy atom. The summed E-state index contributed by atoms with van der Waals surface area (Å²) < 4.78 is 43.6. The summed E-state index contributed by atoms with van der Waals surface area (Å²) in [5.41, 5.74) is 3.93. The Hall–Kier alpha value is -1.67. The van der Waals surface area contributed by atoms with Gasteiger partial charge in [0.2, 0.25) is 0 Å². The molecule has 1 unspecified atom stereocenters. The minimum Gasteiger partial charge on any atom is -0.366 e. The lowest BCUT2D eigenvalue weighted by molar-refractivity contribution is -0.141. The van der Waals surface area contributed by atoms with Crippen LogP contribution in [0.4, 0.5) is 13.2 Å². The molecule has 0 aliphatic carbocycles. The molecule has 0 aromatic carbocycles. The fraction of sp³-hybridized carbons (Fsp3) is 0.538. The number of hydrogen-bond donors (Lipinski definition) is 1. The van der Waals surface area contributed by atoms with E-state index in [-0.39, 0.29) is 11.3 Å². The number of pyridine rings is 1. The minimum atomic E-state index is -4.60. The van der Waals surface area contributed by atoms with Crippen molar-refractivity contribution in [3.8, 4) is 0 Å². The summed E-state index contributed by atoms with van der Waals surface area (Å²) in [5.74, 6) is -0.847. The summed E-state index contributed by atoms with van der Waals surface area (Å²) in [7, 11) is 1.34. The summed E-state index contributed by atoms with van der Waals surface area (Å²) in [5, 5.41) is 0. The molecule has 0 saturated carbocycles. The molecule has 1 rings (SSSR count). The average molecular weight is 305 g/mol. The zero-order valence-corrected chi connectivity index (χ0v) is 12.1. The number of rotatable bonds is 6. The number of ether oxygens (including phenoxy) is 1. The van der Waals surface area contributed by atoms with Gasteiger partial charge in [0.05, 0.1) is 11.3 Å². The SMILES string of the molecule is CCN(CC)C(OC)c1nc(C(F)(F)F)ccc1C(N)=O. The number of aromatic nitrogens is 1. The van der Waals surface area contributed by atoms with Crippen LogP contribution in [0.15, 0.2) is 12.1 Å². The predicted molar refractivity (Wildman–Crippen MR) is 70.4 cm³/mol. The molecule has 0 saturated heterocycles. The molecule has 2 N–H and O–H groups in total. The van der Waals surface area contributed by atoms with Gasteiger partial charge in [0.25, 0.3) is 5.91 Å². The Kier molecular flexibility index (Phi) is 5.68. The van der Waals surface area contributed by atoms with E-state index in [0.29, 0.717) is 13.1 Å². The standard InChI is InChI=1S/C13H18F3N3O2/c1-4-19(5-2)12(21-3)10-8(11(17)20)6-7-9(18-10)13(14,15)16/h6-7,12H,4-5H2,1-3H3,(H2,17,20). The van der Waals surface area contributed by atoms with Crippen LogP contribution in [-0.4, -0.2) is 36.0 Å². The first kappa shape index (κ1) is 17.4. The first-order valence-corrected chi connectivity index (χ1v) is 6.41. The van der Waals surface area contributed by atoms with Crippen LogP contribution in [0.5, 0.6) is 0 Å². The number of alkyl halides is 3. The average Bonchev–Trinajstić information content (AvgIpc) is 2.42. The van der Waals surface area contributed by atoms with Gasteiger partial charge in [-0.05, 0) is 25.2 Å². The smallest absolute Gasteiger partial charge is 0.366 e. The molecule has 1 aromatic rings. The zero-order valence-electron chi connectivity index (χ0n) is 12.1. The summed E-state index contributed by atoms with van der Waals surface area (Å²) in [6.45, 7) is 4.69. The summed E-state index contributed by atoms with van der Waals surface area (Å²) in [6, 6.07) is 1.77. The van der Waals surface area contributed by atoms with Crippen LogP contribution in [0.3, 0.4) is 0 Å². The van der Waals surface area contributed by atoms with E-state index < -0.39 is 24.0 Å². The van der Waals surface area contributed by atoms with Gasteiger partial charge in [0.1, 0.15) is 5.69 Å². The van der Waals surface area contributed by atoms with E-state index in [1.54, 1.807) is 4.90 Å². The van der Waals surface area contributed by atoms with Crippen molar-refractivity contribution in [3.05, 3.63) is 29.1 Å². The molecule has 0 fully saturated rings. The fourth-order valence-electron chi connectivity index (χ4n) is 2.02. The Morgan fingerprint density at radius 3 is 2.33 bits per heavy atom. The van der Waals surface area contributed by atoms with E-state index >= 15 is 0 Å². The second-order valence-electron chi connectivity index (χ2n) is 4.30. The molecule has 0 aliphatic rings. The number of nitrogens with two attached hydrogens (primary N) is 1. The molecule has 21 heavy (non-hydrogen) atoms. The number of carbonyl (C=O) groups excluding carboxylic acids is 1. The zero-order chi connectivity index (χ0) is 16.2. The van der Waals surface area contributed by atoms with E-state index in [9.17, 15) is 18.0 Å². The molecule has 1 atom stereocenters. The van der Waals surface area contributed by atoms with Crippen molar-refractivity contribution >= 4 is 5.91 Å². The van der Waals surface area contributed by atoms with Gasteiger partial charge in [-0.1, -0.05) is 13.8 Å². The van der Waals surface area contributed by atoms with Crippen molar-refractivity contribution in [2.24, 2.45) is 5.73 Å². The first-order chi connectivity index (χ1) is 9.76. The maximum atomic E-state index is 12.8. The second kappa shape index (κ2) is 6.86. The van der Waals surface area contributed by atoms with Crippen molar-refractivity contribution < 1.29 is 22.7 Å². The maximum absolute atomic E-state index is 12.8. The molecule has 0 spiro atoms. The van der Waals surface area contributed by atoms with Crippen LogP contribution in [-0.2, 0) is 10.9 Å². The summed E-state index contributed by atoms with van der Waals surface area (Å²) >= 11 is 0. The minimum absolute atomic E-state index is 0.0817. The lowest BCUT2D eigenvalue weighted by atomic mass is 10.1. The van der Waals surface area contributed by atoms with Crippen molar-refractivity contribution in [1.82, 2.24) is 9.88 Å². The molecule has 1 aromatic heterocycles. The lowest BCUT2D eigenvalue weighted by Gasteiger charge is -2.29. The highest BCUT2D eigenvalue weighted by atomic mass is 19.4. The van der Waals surface area contributed by atoms with Crippen molar-refractivity contribution in [1.29, 1.82) is 0 Å². The molecule has 5 nitrogen and oxygen atoms in total. The molecule has 1 amide bonds. The van der Waals surface area contributed by atoms with Crippen LogP contribution in [0.25, 0.3) is 0 Å². The molecular weight excluding hydrogens is 287 g/mol. The van der Waals surface area contributed by atoms with Gasteiger partial charge in [0, 0.05) is 7.11 Å². The molecule has 8 heteroatoms. The highest BCUT2D eigenvalue weighted by molar-refractivity contribution is 5.94. The fourth-order valence-corrected chi connectivity index (χ4v) is 2.02. The van der Waals surface area contributed by atoms with Gasteiger partial charge in [-0.3, -0.25) is 9.69 Å². The van der Waals surface area contributed by atoms with Crippen LogP contribution in [0.2, 0.25) is 0 Å². The van der Waals surface area contributed by atoms with Crippen molar-refractivity contribution in [2.75, 3.05) is 20.2 Å². The van der Waals surface area contributed by atoms with Crippen molar-refractivity contribution in [3.63, 3.8) is 0 Å². The Morgan fingerprint density at radius 1 is 1.38 bits per heavy atom. The van der Waals surface area contributed by atoms with Crippen LogP contribution in [0.1, 0.15) is 41.8 Å². The van der Waals surface area contributed by atoms with Gasteiger partial charge in [-0.25, -0.2) is 4.98 Å². The van der Waals surface area contributed by atoms with Gasteiger partial charge in [-0.15, -0.1) is 0 Å². The Labute approximate surface area is 120 Å². The van der Waals surface area contributed by atoms with Crippen LogP contribution >= 0.6 is 0 Å². The number of primary amides is 1. The maximum Gasteiger partial charge on any atom is 0.433 e. The van der Waals surface area contributed by atoms with Gasteiger partial charge in [0.15, 0.2) is 6.23 Å². The summed E-state index contributed by atoms with van der Waals surface area (Å²) in [6.07, 6.45) is -5.48. The van der Waals surface area contributed by atoms with E-state index in [1.807, 2.05) is 13.8 Å². The Balaban J connectivity index is 3.43. The molecule has 0 radical (unpaired) electrons. The van der Waals surface area contributed by atoms with Gasteiger partial charge < -0.3 is 10.5 Å². The van der Waals surface area contributed by atoms with E-state index in [4.69, 9.17) is 10.5 Å². The largest absolute Gasteiger partial charge is 0.433 e. The normalized spacial score (nSPS) is 13.5. The third kappa shape index (κ3) is 3.92. The number of halogens is 3. The number of amides is 1. The van der Waals surface area contributed by atoms with E-state index in [2.05, 4.69) is 4.98 Å². The number of methoxy groups -OCH3 is 1. The van der Waals surface area contributed by atoms with E-state index in [1.165, 1.54) is 7.11 Å². The molecule has 0 aliphatic heterocycles. The molecule has 1 heterocycles. The number of nitrogens with zero attached hydrogens (tertiary/aromatic N) is 2. The van der Waals surface area contributed by atoms with E-state index in [0.717, 1.165) is 12.1 Å². The third-order valence-corrected chi connectivity index (χ3v) is 3.08. The molecule has 0 bridgehead atoms.